The molecular formula is C14H20N2O3. The van der Waals surface area contributed by atoms with Crippen LogP contribution in [0.3, 0.4) is 0 Å². The molecule has 0 bridgehead atoms. The van der Waals surface area contributed by atoms with Crippen LogP contribution < -0.4 is 10.1 Å². The van der Waals surface area contributed by atoms with E-state index in [2.05, 4.69) is 10.2 Å². The maximum Gasteiger partial charge on any atom is 0.322 e. The van der Waals surface area contributed by atoms with E-state index in [1.54, 1.807) is 0 Å². The fourth-order valence-electron chi connectivity index (χ4n) is 2.27. The Hall–Kier alpha value is -1.59. The van der Waals surface area contributed by atoms with Gasteiger partial charge in [0.1, 0.15) is 18.4 Å². The molecule has 0 amide bonds. The van der Waals surface area contributed by atoms with Gasteiger partial charge in [-0.05, 0) is 12.6 Å². The molecule has 0 aliphatic carbocycles. The summed E-state index contributed by atoms with van der Waals surface area (Å²) >= 11 is 0. The van der Waals surface area contributed by atoms with Crippen LogP contribution >= 0.6 is 0 Å². The summed E-state index contributed by atoms with van der Waals surface area (Å²) in [6, 6.07) is 7.38. The fraction of sp³-hybridized carbons (Fsp3) is 0.500. The highest BCUT2D eigenvalue weighted by Gasteiger charge is 2.22. The Balaban J connectivity index is 2.03. The van der Waals surface area contributed by atoms with Gasteiger partial charge in [-0.1, -0.05) is 25.1 Å². The number of carboxylic acid groups (broad SMARTS) is 1. The fourth-order valence-corrected chi connectivity index (χ4v) is 2.27. The van der Waals surface area contributed by atoms with Crippen molar-refractivity contribution in [1.82, 2.24) is 10.2 Å². The van der Waals surface area contributed by atoms with Gasteiger partial charge in [-0.2, -0.15) is 0 Å². The number of carbonyl (C=O) groups is 1. The van der Waals surface area contributed by atoms with E-state index in [1.165, 1.54) is 0 Å². The van der Waals surface area contributed by atoms with Crippen molar-refractivity contribution in [3.05, 3.63) is 29.8 Å². The Morgan fingerprint density at radius 1 is 1.53 bits per heavy atom. The molecule has 1 unspecified atom stereocenters. The van der Waals surface area contributed by atoms with Gasteiger partial charge in [-0.3, -0.25) is 9.69 Å². The number of nitrogens with one attached hydrogen (secondary N) is 1. The zero-order valence-electron chi connectivity index (χ0n) is 11.1. The number of nitrogens with zero attached hydrogens (tertiary/aromatic N) is 1. The second-order valence-electron chi connectivity index (χ2n) is 4.64. The average Bonchev–Trinajstić information content (AvgIpc) is 2.59. The van der Waals surface area contributed by atoms with Crippen LogP contribution in [-0.4, -0.2) is 48.3 Å². The largest absolute Gasteiger partial charge is 0.492 e. The van der Waals surface area contributed by atoms with E-state index in [1.807, 2.05) is 31.2 Å². The smallest absolute Gasteiger partial charge is 0.322 e. The maximum atomic E-state index is 11.2. The molecule has 0 spiro atoms. The number of carboxylic acids is 1. The number of likely N-dealkylation sites (N-methyl/N-ethyl adjacent to an activating group) is 1. The first-order valence-electron chi connectivity index (χ1n) is 6.60. The van der Waals surface area contributed by atoms with Crippen LogP contribution in [0.5, 0.6) is 5.75 Å². The highest BCUT2D eigenvalue weighted by atomic mass is 16.5. The molecule has 1 aliphatic rings. The number of hydrogen-bond donors (Lipinski definition) is 2. The summed E-state index contributed by atoms with van der Waals surface area (Å²) < 4.78 is 5.67. The number of ether oxygens (including phenoxy) is 1. The summed E-state index contributed by atoms with van der Waals surface area (Å²) in [6.45, 7) is 5.11. The third kappa shape index (κ3) is 3.68. The molecule has 5 heteroatoms. The van der Waals surface area contributed by atoms with Gasteiger partial charge in [0.05, 0.1) is 0 Å². The van der Waals surface area contributed by atoms with Gasteiger partial charge < -0.3 is 15.2 Å². The maximum absolute atomic E-state index is 11.2. The molecule has 0 saturated carbocycles. The minimum Gasteiger partial charge on any atom is -0.492 e. The summed E-state index contributed by atoms with van der Waals surface area (Å²) in [6.07, 6.45) is 0. The van der Waals surface area contributed by atoms with Gasteiger partial charge in [-0.25, -0.2) is 0 Å². The van der Waals surface area contributed by atoms with E-state index >= 15 is 0 Å². The van der Waals surface area contributed by atoms with E-state index in [0.717, 1.165) is 24.4 Å². The Morgan fingerprint density at radius 2 is 2.32 bits per heavy atom. The Bertz CT molecular complexity index is 436. The monoisotopic (exact) mass is 264 g/mol. The predicted octanol–water partition coefficient (Wildman–Crippen LogP) is 0.944. The van der Waals surface area contributed by atoms with Crippen LogP contribution in [0.15, 0.2) is 24.3 Å². The van der Waals surface area contributed by atoms with Crippen molar-refractivity contribution in [2.24, 2.45) is 0 Å². The number of benzene rings is 1. The van der Waals surface area contributed by atoms with Gasteiger partial charge in [0.2, 0.25) is 0 Å². The number of fused-ring (bicyclic) bond motifs is 1. The van der Waals surface area contributed by atoms with Crippen molar-refractivity contribution in [2.45, 2.75) is 19.5 Å². The molecule has 1 aliphatic heterocycles. The lowest BCUT2D eigenvalue weighted by atomic mass is 10.2. The van der Waals surface area contributed by atoms with Crippen molar-refractivity contribution < 1.29 is 14.6 Å². The van der Waals surface area contributed by atoms with E-state index in [4.69, 9.17) is 4.74 Å². The average molecular weight is 264 g/mol. The summed E-state index contributed by atoms with van der Waals surface area (Å²) in [5.74, 6) is 0.0978. The van der Waals surface area contributed by atoms with Crippen molar-refractivity contribution in [3.8, 4) is 5.75 Å². The van der Waals surface area contributed by atoms with Crippen LogP contribution in [0, 0.1) is 0 Å². The van der Waals surface area contributed by atoms with Crippen molar-refractivity contribution >= 4 is 5.97 Å². The van der Waals surface area contributed by atoms with E-state index < -0.39 is 12.0 Å². The summed E-state index contributed by atoms with van der Waals surface area (Å²) in [7, 11) is 0. The standard InChI is InChI=1S/C14H20N2O3/c1-2-15-12(14(17)18)10-16-7-8-19-13-6-4-3-5-11(13)9-16/h3-6,12,15H,2,7-10H2,1H3,(H,17,18). The van der Waals surface area contributed by atoms with Crippen molar-refractivity contribution in [1.29, 1.82) is 0 Å². The Kier molecular flexibility index (Phi) is 4.76. The molecule has 1 aromatic rings. The second kappa shape index (κ2) is 6.54. The Morgan fingerprint density at radius 3 is 3.05 bits per heavy atom. The van der Waals surface area contributed by atoms with Gasteiger partial charge >= 0.3 is 5.97 Å². The molecule has 0 fully saturated rings. The molecule has 2 N–H and O–H groups in total. The zero-order valence-corrected chi connectivity index (χ0v) is 11.1. The summed E-state index contributed by atoms with van der Waals surface area (Å²) in [5, 5.41) is 12.2. The molecular weight excluding hydrogens is 244 g/mol. The number of para-hydroxylation sites is 1. The molecule has 1 heterocycles. The normalized spacial score (nSPS) is 17.1. The Labute approximate surface area is 113 Å². The molecule has 5 nitrogen and oxygen atoms in total. The van der Waals surface area contributed by atoms with Crippen LogP contribution in [0.1, 0.15) is 12.5 Å². The van der Waals surface area contributed by atoms with Gasteiger partial charge in [0, 0.05) is 25.2 Å². The third-order valence-electron chi connectivity index (χ3n) is 3.22. The highest BCUT2D eigenvalue weighted by Crippen LogP contribution is 2.22. The van der Waals surface area contributed by atoms with E-state index in [0.29, 0.717) is 19.7 Å². The predicted molar refractivity (Wildman–Crippen MR) is 72.3 cm³/mol. The summed E-state index contributed by atoms with van der Waals surface area (Å²) in [4.78, 5) is 13.3. The lowest BCUT2D eigenvalue weighted by Crippen LogP contribution is -2.46. The zero-order chi connectivity index (χ0) is 13.7. The topological polar surface area (TPSA) is 61.8 Å². The van der Waals surface area contributed by atoms with Crippen LogP contribution in [0.2, 0.25) is 0 Å². The third-order valence-corrected chi connectivity index (χ3v) is 3.22. The number of rotatable bonds is 5. The van der Waals surface area contributed by atoms with Gasteiger partial charge in [0.15, 0.2) is 0 Å². The molecule has 1 aromatic carbocycles. The van der Waals surface area contributed by atoms with Crippen LogP contribution in [-0.2, 0) is 11.3 Å². The lowest BCUT2D eigenvalue weighted by Gasteiger charge is -2.23. The molecule has 19 heavy (non-hydrogen) atoms. The summed E-state index contributed by atoms with van der Waals surface area (Å²) in [5.41, 5.74) is 1.11. The lowest BCUT2D eigenvalue weighted by molar-refractivity contribution is -0.140. The van der Waals surface area contributed by atoms with Crippen LogP contribution in [0.4, 0.5) is 0 Å². The molecule has 104 valence electrons. The molecule has 0 saturated heterocycles. The minimum atomic E-state index is -0.805. The molecule has 0 radical (unpaired) electrons. The first-order valence-corrected chi connectivity index (χ1v) is 6.60. The van der Waals surface area contributed by atoms with Crippen LogP contribution in [0.25, 0.3) is 0 Å². The van der Waals surface area contributed by atoms with E-state index in [9.17, 15) is 9.90 Å². The molecule has 1 atom stereocenters. The van der Waals surface area contributed by atoms with E-state index in [-0.39, 0.29) is 0 Å². The highest BCUT2D eigenvalue weighted by molar-refractivity contribution is 5.73. The number of hydrogen-bond acceptors (Lipinski definition) is 4. The number of aliphatic carboxylic acids is 1. The molecule has 2 rings (SSSR count). The first-order chi connectivity index (χ1) is 9.20. The first kappa shape index (κ1) is 13.8. The second-order valence-corrected chi connectivity index (χ2v) is 4.64. The van der Waals surface area contributed by atoms with Crippen molar-refractivity contribution in [3.63, 3.8) is 0 Å². The minimum absolute atomic E-state index is 0.487. The van der Waals surface area contributed by atoms with Gasteiger partial charge in [0.25, 0.3) is 0 Å². The van der Waals surface area contributed by atoms with Crippen molar-refractivity contribution in [2.75, 3.05) is 26.2 Å². The quantitative estimate of drug-likeness (QED) is 0.829. The SMILES string of the molecule is CCNC(CN1CCOc2ccccc2C1)C(=O)O. The molecule has 0 aromatic heterocycles. The van der Waals surface area contributed by atoms with Gasteiger partial charge in [-0.15, -0.1) is 0 Å².